The minimum atomic E-state index is -0.316. The summed E-state index contributed by atoms with van der Waals surface area (Å²) in [6.07, 6.45) is 8.37. The van der Waals surface area contributed by atoms with E-state index >= 15 is 0 Å². The van der Waals surface area contributed by atoms with E-state index in [1.165, 1.54) is 45.6 Å². The fourth-order valence-electron chi connectivity index (χ4n) is 7.61. The Morgan fingerprint density at radius 1 is 1.03 bits per heavy atom. The summed E-state index contributed by atoms with van der Waals surface area (Å²) in [5.74, 6) is 2.49. The second-order valence-corrected chi connectivity index (χ2v) is 10.7. The molecular formula is C25H32NO3+. The number of nitrogens with two attached hydrogens (primary N) is 1. The molecule has 4 fully saturated rings. The average Bonchev–Trinajstić information content (AvgIpc) is 3.12. The van der Waals surface area contributed by atoms with Gasteiger partial charge in [0.15, 0.2) is 5.76 Å². The minimum absolute atomic E-state index is 0.316. The van der Waals surface area contributed by atoms with Crippen molar-refractivity contribution in [1.82, 2.24) is 0 Å². The lowest BCUT2D eigenvalue weighted by Gasteiger charge is -2.63. The summed E-state index contributed by atoms with van der Waals surface area (Å²) in [5.41, 5.74) is 3.03. The number of carbonyl (C=O) groups is 1. The van der Waals surface area contributed by atoms with Gasteiger partial charge < -0.3 is 14.5 Å². The van der Waals surface area contributed by atoms with Gasteiger partial charge in [-0.15, -0.1) is 0 Å². The Kier molecular flexibility index (Phi) is 4.22. The molecule has 6 rings (SSSR count). The van der Waals surface area contributed by atoms with Crippen molar-refractivity contribution in [3.05, 3.63) is 47.7 Å². The number of quaternary nitrogens is 1. The number of methoxy groups -OCH3 is 1. The molecule has 154 valence electrons. The number of benzene rings is 1. The third kappa shape index (κ3) is 3.42. The summed E-state index contributed by atoms with van der Waals surface area (Å²) >= 11 is 0. The highest BCUT2D eigenvalue weighted by atomic mass is 16.5. The summed E-state index contributed by atoms with van der Waals surface area (Å²) in [5, 5.41) is 2.59. The van der Waals surface area contributed by atoms with Crippen molar-refractivity contribution in [2.75, 3.05) is 7.11 Å². The number of hydrogen-bond acceptors (Lipinski definition) is 3. The molecular weight excluding hydrogens is 362 g/mol. The molecule has 2 aromatic rings. The van der Waals surface area contributed by atoms with E-state index in [1.807, 2.05) is 18.2 Å². The van der Waals surface area contributed by atoms with Gasteiger partial charge in [-0.25, -0.2) is 4.79 Å². The predicted octanol–water partition coefficient (Wildman–Crippen LogP) is 4.55. The van der Waals surface area contributed by atoms with E-state index in [1.54, 1.807) is 12.1 Å². The van der Waals surface area contributed by atoms with Crippen LogP contribution in [-0.2, 0) is 11.3 Å². The zero-order chi connectivity index (χ0) is 20.3. The molecule has 0 radical (unpaired) electrons. The topological polar surface area (TPSA) is 56.0 Å². The normalized spacial score (nSPS) is 35.1. The van der Waals surface area contributed by atoms with Gasteiger partial charge in [-0.05, 0) is 60.3 Å². The predicted molar refractivity (Wildman–Crippen MR) is 111 cm³/mol. The van der Waals surface area contributed by atoms with E-state index in [4.69, 9.17) is 9.15 Å². The van der Waals surface area contributed by atoms with Crippen molar-refractivity contribution >= 4 is 5.97 Å². The zero-order valence-electron chi connectivity index (χ0n) is 17.8. The molecule has 2 N–H and O–H groups in total. The maximum absolute atomic E-state index is 11.6. The highest BCUT2D eigenvalue weighted by Crippen LogP contribution is 2.65. The number of hydrogen-bond donors (Lipinski definition) is 1. The summed E-state index contributed by atoms with van der Waals surface area (Å²) in [4.78, 5) is 11.6. The Labute approximate surface area is 173 Å². The monoisotopic (exact) mass is 394 g/mol. The van der Waals surface area contributed by atoms with E-state index in [9.17, 15) is 4.79 Å². The van der Waals surface area contributed by atoms with E-state index in [0.29, 0.717) is 21.9 Å². The Bertz CT molecular complexity index is 910. The third-order valence-corrected chi connectivity index (χ3v) is 7.66. The van der Waals surface area contributed by atoms with Crippen molar-refractivity contribution in [1.29, 1.82) is 0 Å². The van der Waals surface area contributed by atoms with Crippen LogP contribution in [0, 0.1) is 16.7 Å². The first-order valence-corrected chi connectivity index (χ1v) is 10.9. The van der Waals surface area contributed by atoms with Gasteiger partial charge in [-0.3, -0.25) is 0 Å². The van der Waals surface area contributed by atoms with Gasteiger partial charge in [-0.2, -0.15) is 0 Å². The van der Waals surface area contributed by atoms with Crippen LogP contribution < -0.4 is 5.32 Å². The molecule has 0 amide bonds. The minimum Gasteiger partial charge on any atom is -0.465 e. The van der Waals surface area contributed by atoms with Crippen LogP contribution in [0.2, 0.25) is 0 Å². The lowest BCUT2D eigenvalue weighted by molar-refractivity contribution is -0.757. The van der Waals surface area contributed by atoms with Gasteiger partial charge in [-0.1, -0.05) is 26.0 Å². The molecule has 4 aliphatic carbocycles. The van der Waals surface area contributed by atoms with Gasteiger partial charge in [0.25, 0.3) is 0 Å². The molecule has 0 spiro atoms. The molecule has 4 atom stereocenters. The number of ether oxygens (including phenoxy) is 1. The lowest BCUT2D eigenvalue weighted by Crippen LogP contribution is -2.98. The van der Waals surface area contributed by atoms with Crippen LogP contribution in [-0.4, -0.2) is 18.6 Å². The highest BCUT2D eigenvalue weighted by Gasteiger charge is 2.62. The molecule has 4 bridgehead atoms. The summed E-state index contributed by atoms with van der Waals surface area (Å²) in [6, 6.07) is 11.5. The lowest BCUT2D eigenvalue weighted by atomic mass is 9.43. The second kappa shape index (κ2) is 6.46. The Morgan fingerprint density at radius 3 is 2.34 bits per heavy atom. The molecule has 0 saturated heterocycles. The SMILES string of the molecule is COC(=O)c1ccc(-c2ccc(C[NH2+]C34CC5C[C@@](C)(C3)C[C@](C)(C5)C4)o2)cc1. The molecule has 1 aromatic heterocycles. The molecule has 2 unspecified atom stereocenters. The largest absolute Gasteiger partial charge is 0.465 e. The highest BCUT2D eigenvalue weighted by molar-refractivity contribution is 5.89. The fourth-order valence-corrected chi connectivity index (χ4v) is 7.61. The zero-order valence-corrected chi connectivity index (χ0v) is 17.8. The van der Waals surface area contributed by atoms with Crippen LogP contribution in [0.5, 0.6) is 0 Å². The molecule has 4 aliphatic rings. The first kappa shape index (κ1) is 18.9. The van der Waals surface area contributed by atoms with Crippen LogP contribution in [0.4, 0.5) is 0 Å². The molecule has 29 heavy (non-hydrogen) atoms. The van der Waals surface area contributed by atoms with Crippen LogP contribution in [0.25, 0.3) is 11.3 Å². The van der Waals surface area contributed by atoms with Gasteiger partial charge in [0.1, 0.15) is 12.3 Å². The van der Waals surface area contributed by atoms with Crippen LogP contribution in [0.15, 0.2) is 40.8 Å². The summed E-state index contributed by atoms with van der Waals surface area (Å²) in [7, 11) is 1.40. The van der Waals surface area contributed by atoms with Gasteiger partial charge >= 0.3 is 5.97 Å². The standard InChI is InChI=1S/C25H31NO3/c1-23-10-17-11-24(2,14-23)16-25(12-17,15-23)26-13-20-8-9-21(29-20)18-4-6-19(7-5-18)22(27)28-3/h4-9,17,26H,10-16H2,1-3H3/p+1/t17?,23-,24+,25?. The molecule has 1 heterocycles. The third-order valence-electron chi connectivity index (χ3n) is 7.66. The van der Waals surface area contributed by atoms with Gasteiger partial charge in [0.05, 0.1) is 18.2 Å². The Hall–Kier alpha value is -2.07. The Balaban J connectivity index is 1.28. The maximum atomic E-state index is 11.6. The van der Waals surface area contributed by atoms with E-state index in [0.717, 1.165) is 29.5 Å². The maximum Gasteiger partial charge on any atom is 0.337 e. The van der Waals surface area contributed by atoms with Crippen LogP contribution in [0.1, 0.15) is 68.5 Å². The number of carbonyl (C=O) groups excluding carboxylic acids is 1. The van der Waals surface area contributed by atoms with E-state index < -0.39 is 0 Å². The number of rotatable bonds is 5. The van der Waals surface area contributed by atoms with E-state index in [-0.39, 0.29) is 5.97 Å². The summed E-state index contributed by atoms with van der Waals surface area (Å²) in [6.45, 7) is 5.96. The molecule has 1 aromatic carbocycles. The van der Waals surface area contributed by atoms with Gasteiger partial charge in [0, 0.05) is 24.8 Å². The molecule has 4 heteroatoms. The number of furan rings is 1. The van der Waals surface area contributed by atoms with Crippen molar-refractivity contribution in [2.45, 2.75) is 64.5 Å². The summed E-state index contributed by atoms with van der Waals surface area (Å²) < 4.78 is 10.9. The molecule has 4 saturated carbocycles. The smallest absolute Gasteiger partial charge is 0.337 e. The van der Waals surface area contributed by atoms with Crippen LogP contribution >= 0.6 is 0 Å². The van der Waals surface area contributed by atoms with Crippen LogP contribution in [0.3, 0.4) is 0 Å². The first-order valence-electron chi connectivity index (χ1n) is 10.9. The van der Waals surface area contributed by atoms with E-state index in [2.05, 4.69) is 25.2 Å². The molecule has 0 aliphatic heterocycles. The second-order valence-electron chi connectivity index (χ2n) is 10.7. The van der Waals surface area contributed by atoms with Gasteiger partial charge in [0.2, 0.25) is 0 Å². The average molecular weight is 395 g/mol. The fraction of sp³-hybridized carbons (Fsp3) is 0.560. The van der Waals surface area contributed by atoms with Crippen molar-refractivity contribution < 1.29 is 19.3 Å². The number of esters is 1. The quantitative estimate of drug-likeness (QED) is 0.757. The van der Waals surface area contributed by atoms with Crippen molar-refractivity contribution in [3.63, 3.8) is 0 Å². The Morgan fingerprint density at radius 2 is 1.72 bits per heavy atom. The van der Waals surface area contributed by atoms with Crippen molar-refractivity contribution in [2.24, 2.45) is 16.7 Å². The first-order chi connectivity index (χ1) is 13.8. The van der Waals surface area contributed by atoms with Crippen molar-refractivity contribution in [3.8, 4) is 11.3 Å². The molecule has 4 nitrogen and oxygen atoms in total.